The minimum Gasteiger partial charge on any atom is -0.494 e. The molecule has 0 saturated carbocycles. The predicted molar refractivity (Wildman–Crippen MR) is 158 cm³/mol. The van der Waals surface area contributed by atoms with Gasteiger partial charge in [0.15, 0.2) is 16.6 Å². The number of amides is 1. The molecule has 206 valence electrons. The van der Waals surface area contributed by atoms with Gasteiger partial charge in [-0.2, -0.15) is 0 Å². The Labute approximate surface area is 238 Å². The molecule has 0 aliphatic rings. The number of aromatic nitrogens is 1. The third kappa shape index (κ3) is 7.00. The lowest BCUT2D eigenvalue weighted by atomic mass is 10.1. The van der Waals surface area contributed by atoms with Crippen LogP contribution in [0.4, 0.5) is 5.13 Å². The second kappa shape index (κ2) is 13.8. The van der Waals surface area contributed by atoms with Crippen molar-refractivity contribution in [2.75, 3.05) is 33.3 Å². The summed E-state index contributed by atoms with van der Waals surface area (Å²) < 4.78 is 22.2. The zero-order valence-corrected chi connectivity index (χ0v) is 23.9. The maximum atomic E-state index is 13.0. The highest BCUT2D eigenvalue weighted by Gasteiger charge is 2.22. The number of nitrogens with zero attached hydrogens (tertiary/aromatic N) is 1. The number of carbonyl (C=O) groups excluding carboxylic acids is 1. The van der Waals surface area contributed by atoms with E-state index >= 15 is 0 Å². The van der Waals surface area contributed by atoms with E-state index in [4.69, 9.17) is 29.7 Å². The van der Waals surface area contributed by atoms with Gasteiger partial charge in [0, 0.05) is 11.1 Å². The molecule has 1 amide bonds. The molecule has 1 aromatic heterocycles. The Hall–Kier alpha value is -3.79. The molecule has 4 aromatic rings. The van der Waals surface area contributed by atoms with E-state index in [0.29, 0.717) is 41.1 Å². The SMILES string of the molecule is CCOc1ccc(-c2nc(NC(=O)[C@H](N)Cc3ccccc3)sc2-c2cc(OC)c(OC)c(OC)c2)cc1.Cl. The van der Waals surface area contributed by atoms with Crippen molar-refractivity contribution in [1.82, 2.24) is 4.98 Å². The van der Waals surface area contributed by atoms with Gasteiger partial charge in [0.1, 0.15) is 5.75 Å². The first kappa shape index (κ1) is 29.8. The molecule has 4 rings (SSSR count). The summed E-state index contributed by atoms with van der Waals surface area (Å²) in [5.74, 6) is 1.98. The molecule has 0 saturated heterocycles. The van der Waals surface area contributed by atoms with Crippen LogP contribution in [-0.2, 0) is 11.2 Å². The van der Waals surface area contributed by atoms with E-state index in [0.717, 1.165) is 27.3 Å². The fourth-order valence-electron chi connectivity index (χ4n) is 4.01. The Morgan fingerprint density at radius 1 is 0.949 bits per heavy atom. The lowest BCUT2D eigenvalue weighted by Crippen LogP contribution is -2.37. The van der Waals surface area contributed by atoms with Gasteiger partial charge in [0.2, 0.25) is 11.7 Å². The number of hydrogen-bond donors (Lipinski definition) is 2. The molecule has 1 heterocycles. The van der Waals surface area contributed by atoms with Crippen LogP contribution >= 0.6 is 23.7 Å². The number of anilines is 1. The molecule has 0 fully saturated rings. The maximum absolute atomic E-state index is 13.0. The molecule has 3 aromatic carbocycles. The van der Waals surface area contributed by atoms with Gasteiger partial charge < -0.3 is 30.0 Å². The highest BCUT2D eigenvalue weighted by molar-refractivity contribution is 7.19. The molecule has 0 unspecified atom stereocenters. The summed E-state index contributed by atoms with van der Waals surface area (Å²) in [6, 6.07) is 20.3. The summed E-state index contributed by atoms with van der Waals surface area (Å²) in [5.41, 5.74) is 9.57. The first-order valence-corrected chi connectivity index (χ1v) is 12.9. The summed E-state index contributed by atoms with van der Waals surface area (Å²) in [6.07, 6.45) is 0.420. The summed E-state index contributed by atoms with van der Waals surface area (Å²) in [7, 11) is 4.70. The largest absolute Gasteiger partial charge is 0.494 e. The molecule has 0 radical (unpaired) electrons. The molecule has 3 N–H and O–H groups in total. The maximum Gasteiger partial charge on any atom is 0.243 e. The van der Waals surface area contributed by atoms with Crippen molar-refractivity contribution in [1.29, 1.82) is 0 Å². The first-order valence-electron chi connectivity index (χ1n) is 12.1. The van der Waals surface area contributed by atoms with E-state index in [1.54, 1.807) is 21.3 Å². The Bertz CT molecular complexity index is 1350. The van der Waals surface area contributed by atoms with E-state index in [1.807, 2.05) is 73.7 Å². The summed E-state index contributed by atoms with van der Waals surface area (Å²) >= 11 is 1.34. The van der Waals surface area contributed by atoms with Gasteiger partial charge in [-0.25, -0.2) is 4.98 Å². The van der Waals surface area contributed by atoms with Crippen LogP contribution < -0.4 is 30.0 Å². The van der Waals surface area contributed by atoms with Gasteiger partial charge in [-0.15, -0.1) is 12.4 Å². The summed E-state index contributed by atoms with van der Waals surface area (Å²) in [6.45, 7) is 2.51. The quantitative estimate of drug-likeness (QED) is 0.234. The summed E-state index contributed by atoms with van der Waals surface area (Å²) in [4.78, 5) is 18.6. The number of thiazole rings is 1. The van der Waals surface area contributed by atoms with Crippen molar-refractivity contribution < 1.29 is 23.7 Å². The lowest BCUT2D eigenvalue weighted by Gasteiger charge is -2.14. The molecular weight excluding hydrogens is 538 g/mol. The average Bonchev–Trinajstić information content (AvgIpc) is 3.36. The van der Waals surface area contributed by atoms with Crippen molar-refractivity contribution in [3.05, 3.63) is 72.3 Å². The average molecular weight is 570 g/mol. The molecule has 0 aliphatic carbocycles. The van der Waals surface area contributed by atoms with Crippen LogP contribution in [0, 0.1) is 0 Å². The van der Waals surface area contributed by atoms with Crippen molar-refractivity contribution in [3.63, 3.8) is 0 Å². The minimum absolute atomic E-state index is 0. The first-order chi connectivity index (χ1) is 18.5. The number of nitrogens with two attached hydrogens (primary N) is 1. The van der Waals surface area contributed by atoms with Crippen LogP contribution in [0.25, 0.3) is 21.7 Å². The van der Waals surface area contributed by atoms with Crippen LogP contribution in [0.5, 0.6) is 23.0 Å². The zero-order chi connectivity index (χ0) is 27.1. The van der Waals surface area contributed by atoms with Crippen molar-refractivity contribution in [3.8, 4) is 44.7 Å². The molecule has 1 atom stereocenters. The number of hydrogen-bond acceptors (Lipinski definition) is 8. The highest BCUT2D eigenvalue weighted by Crippen LogP contribution is 2.46. The van der Waals surface area contributed by atoms with Crippen LogP contribution in [0.2, 0.25) is 0 Å². The number of carbonyl (C=O) groups is 1. The second-order valence-corrected chi connectivity index (χ2v) is 9.35. The monoisotopic (exact) mass is 569 g/mol. The van der Waals surface area contributed by atoms with E-state index in [-0.39, 0.29) is 18.3 Å². The number of halogens is 1. The lowest BCUT2D eigenvalue weighted by molar-refractivity contribution is -0.117. The van der Waals surface area contributed by atoms with Crippen LogP contribution in [0.3, 0.4) is 0 Å². The normalized spacial score (nSPS) is 11.2. The zero-order valence-electron chi connectivity index (χ0n) is 22.2. The smallest absolute Gasteiger partial charge is 0.243 e. The highest BCUT2D eigenvalue weighted by atomic mass is 35.5. The van der Waals surface area contributed by atoms with Crippen molar-refractivity contribution in [2.24, 2.45) is 5.73 Å². The number of nitrogens with one attached hydrogen (secondary N) is 1. The Kier molecular flexibility index (Phi) is 10.6. The molecule has 0 aliphatic heterocycles. The third-order valence-electron chi connectivity index (χ3n) is 5.86. The minimum atomic E-state index is -0.722. The standard InChI is InChI=1S/C29H31N3O5S.ClH/c1-5-37-21-13-11-19(12-14-21)25-27(20-16-23(34-2)26(36-4)24(17-20)35-3)38-29(31-25)32-28(33)22(30)15-18-9-7-6-8-10-18;/h6-14,16-17,22H,5,15,30H2,1-4H3,(H,31,32,33);1H/t22-;/m1./s1. The third-order valence-corrected chi connectivity index (χ3v) is 6.88. The van der Waals surface area contributed by atoms with E-state index < -0.39 is 6.04 Å². The van der Waals surface area contributed by atoms with Gasteiger partial charge in [-0.05, 0) is 55.3 Å². The van der Waals surface area contributed by atoms with Gasteiger partial charge in [0.05, 0.1) is 44.5 Å². The fourth-order valence-corrected chi connectivity index (χ4v) is 4.99. The van der Waals surface area contributed by atoms with E-state index in [2.05, 4.69) is 5.32 Å². The van der Waals surface area contributed by atoms with Crippen LogP contribution in [-0.4, -0.2) is 44.9 Å². The second-order valence-electron chi connectivity index (χ2n) is 8.35. The Morgan fingerprint density at radius 3 is 2.15 bits per heavy atom. The van der Waals surface area contributed by atoms with Crippen molar-refractivity contribution >= 4 is 34.8 Å². The molecule has 0 spiro atoms. The van der Waals surface area contributed by atoms with E-state index in [1.165, 1.54) is 11.3 Å². The fraction of sp³-hybridized carbons (Fsp3) is 0.241. The molecule has 10 heteroatoms. The van der Waals surface area contributed by atoms with Gasteiger partial charge in [-0.3, -0.25) is 4.79 Å². The molecule has 39 heavy (non-hydrogen) atoms. The topological polar surface area (TPSA) is 105 Å². The van der Waals surface area contributed by atoms with Gasteiger partial charge in [-0.1, -0.05) is 41.7 Å². The van der Waals surface area contributed by atoms with Gasteiger partial charge >= 0.3 is 0 Å². The summed E-state index contributed by atoms with van der Waals surface area (Å²) in [5, 5.41) is 3.34. The van der Waals surface area contributed by atoms with E-state index in [9.17, 15) is 4.79 Å². The van der Waals surface area contributed by atoms with Crippen LogP contribution in [0.1, 0.15) is 12.5 Å². The number of methoxy groups -OCH3 is 3. The molecule has 0 bridgehead atoms. The van der Waals surface area contributed by atoms with Gasteiger partial charge in [0.25, 0.3) is 0 Å². The Balaban J connectivity index is 0.00000420. The van der Waals surface area contributed by atoms with Crippen LogP contribution in [0.15, 0.2) is 66.7 Å². The molecular formula is C29H32ClN3O5S. The Morgan fingerprint density at radius 2 is 1.59 bits per heavy atom. The number of ether oxygens (including phenoxy) is 4. The van der Waals surface area contributed by atoms with Crippen molar-refractivity contribution in [2.45, 2.75) is 19.4 Å². The predicted octanol–water partition coefficient (Wildman–Crippen LogP) is 5.83. The number of rotatable bonds is 11. The number of benzene rings is 3. The molecule has 8 nitrogen and oxygen atoms in total.